The van der Waals surface area contributed by atoms with E-state index in [1.54, 1.807) is 20.9 Å². The second-order valence-corrected chi connectivity index (χ2v) is 2.56. The van der Waals surface area contributed by atoms with Crippen molar-refractivity contribution in [3.05, 3.63) is 0 Å². The molecule has 4 nitrogen and oxygen atoms in total. The third-order valence-electron chi connectivity index (χ3n) is 1.71. The van der Waals surface area contributed by atoms with E-state index in [1.165, 1.54) is 11.8 Å². The van der Waals surface area contributed by atoms with Gasteiger partial charge in [-0.3, -0.25) is 4.79 Å². The molecule has 0 saturated carbocycles. The molecule has 0 unspecified atom stereocenters. The average Bonchev–Trinajstić information content (AvgIpc) is 2.02. The van der Waals surface area contributed by atoms with Gasteiger partial charge in [-0.2, -0.15) is 0 Å². The first-order valence-electron chi connectivity index (χ1n) is 3.90. The predicted molar refractivity (Wildman–Crippen MR) is 44.5 cm³/mol. The maximum atomic E-state index is 11.1. The minimum absolute atomic E-state index is 0.143. The minimum Gasteiger partial charge on any atom is -0.464 e. The molecular formula is C8H15NO3. The van der Waals surface area contributed by atoms with Gasteiger partial charge in [0.15, 0.2) is 0 Å². The number of hydrogen-bond donors (Lipinski definition) is 0. The van der Waals surface area contributed by atoms with Crippen LogP contribution < -0.4 is 0 Å². The summed E-state index contributed by atoms with van der Waals surface area (Å²) in [6.07, 6.45) is 0. The first-order chi connectivity index (χ1) is 5.50. The van der Waals surface area contributed by atoms with Gasteiger partial charge in [0.05, 0.1) is 6.61 Å². The van der Waals surface area contributed by atoms with Crippen molar-refractivity contribution in [1.82, 2.24) is 4.90 Å². The summed E-state index contributed by atoms with van der Waals surface area (Å²) in [5.74, 6) is -0.509. The number of carbonyl (C=O) groups is 2. The highest BCUT2D eigenvalue weighted by molar-refractivity contribution is 5.82. The van der Waals surface area contributed by atoms with Crippen LogP contribution in [0, 0.1) is 0 Å². The van der Waals surface area contributed by atoms with Gasteiger partial charge in [0.25, 0.3) is 0 Å². The number of rotatable bonds is 3. The van der Waals surface area contributed by atoms with Crippen LogP contribution in [0.4, 0.5) is 0 Å². The van der Waals surface area contributed by atoms with Gasteiger partial charge in [-0.25, -0.2) is 4.79 Å². The average molecular weight is 173 g/mol. The van der Waals surface area contributed by atoms with Crippen LogP contribution in [0.1, 0.15) is 20.8 Å². The quantitative estimate of drug-likeness (QED) is 0.581. The summed E-state index contributed by atoms with van der Waals surface area (Å²) in [5, 5.41) is 0. The molecule has 0 spiro atoms. The van der Waals surface area contributed by atoms with Crippen molar-refractivity contribution in [2.75, 3.05) is 13.7 Å². The molecule has 1 atom stereocenters. The fraction of sp³-hybridized carbons (Fsp3) is 0.750. The van der Waals surface area contributed by atoms with E-state index in [0.717, 1.165) is 0 Å². The van der Waals surface area contributed by atoms with Gasteiger partial charge < -0.3 is 9.64 Å². The standard InChI is InChI=1S/C8H15NO3/c1-5-12-8(11)6(2)9(4)7(3)10/h6H,5H2,1-4H3/t6-/m1/s1. The van der Waals surface area contributed by atoms with Crippen molar-refractivity contribution in [2.24, 2.45) is 0 Å². The summed E-state index contributed by atoms with van der Waals surface area (Å²) < 4.78 is 4.74. The number of likely N-dealkylation sites (N-methyl/N-ethyl adjacent to an activating group) is 1. The first kappa shape index (κ1) is 10.9. The third-order valence-corrected chi connectivity index (χ3v) is 1.71. The van der Waals surface area contributed by atoms with E-state index in [-0.39, 0.29) is 11.9 Å². The van der Waals surface area contributed by atoms with Crippen molar-refractivity contribution in [3.63, 3.8) is 0 Å². The van der Waals surface area contributed by atoms with Crippen molar-refractivity contribution in [2.45, 2.75) is 26.8 Å². The third kappa shape index (κ3) is 2.90. The summed E-state index contributed by atoms with van der Waals surface area (Å²) in [4.78, 5) is 23.2. The van der Waals surface area contributed by atoms with Crippen LogP contribution in [0.2, 0.25) is 0 Å². The zero-order valence-electron chi connectivity index (χ0n) is 7.96. The Kier molecular flexibility index (Phi) is 4.33. The largest absolute Gasteiger partial charge is 0.464 e. The lowest BCUT2D eigenvalue weighted by molar-refractivity contribution is -0.152. The monoisotopic (exact) mass is 173 g/mol. The Morgan fingerprint density at radius 2 is 2.00 bits per heavy atom. The zero-order valence-corrected chi connectivity index (χ0v) is 7.96. The summed E-state index contributed by atoms with van der Waals surface area (Å²) in [6, 6.07) is -0.498. The van der Waals surface area contributed by atoms with E-state index < -0.39 is 6.04 Å². The molecule has 0 heterocycles. The molecule has 0 bridgehead atoms. The van der Waals surface area contributed by atoms with Crippen molar-refractivity contribution in [3.8, 4) is 0 Å². The van der Waals surface area contributed by atoms with Gasteiger partial charge in [-0.15, -0.1) is 0 Å². The van der Waals surface area contributed by atoms with Crippen LogP contribution in [0.25, 0.3) is 0 Å². The van der Waals surface area contributed by atoms with Crippen molar-refractivity contribution in [1.29, 1.82) is 0 Å². The van der Waals surface area contributed by atoms with Gasteiger partial charge in [0.1, 0.15) is 6.04 Å². The van der Waals surface area contributed by atoms with Crippen molar-refractivity contribution >= 4 is 11.9 Å². The molecule has 70 valence electrons. The summed E-state index contributed by atoms with van der Waals surface area (Å²) >= 11 is 0. The van der Waals surface area contributed by atoms with E-state index in [0.29, 0.717) is 6.61 Å². The van der Waals surface area contributed by atoms with Crippen LogP contribution in [-0.4, -0.2) is 36.5 Å². The normalized spacial score (nSPS) is 12.0. The van der Waals surface area contributed by atoms with Gasteiger partial charge in [0.2, 0.25) is 5.91 Å². The SMILES string of the molecule is CCOC(=O)[C@@H](C)N(C)C(C)=O. The Balaban J connectivity index is 4.09. The molecule has 0 aromatic rings. The highest BCUT2D eigenvalue weighted by Crippen LogP contribution is 1.98. The van der Waals surface area contributed by atoms with Gasteiger partial charge in [-0.1, -0.05) is 0 Å². The fourth-order valence-electron chi connectivity index (χ4n) is 0.694. The second kappa shape index (κ2) is 4.74. The second-order valence-electron chi connectivity index (χ2n) is 2.56. The molecule has 12 heavy (non-hydrogen) atoms. The van der Waals surface area contributed by atoms with Crippen LogP contribution in [-0.2, 0) is 14.3 Å². The highest BCUT2D eigenvalue weighted by Gasteiger charge is 2.20. The van der Waals surface area contributed by atoms with E-state index >= 15 is 0 Å². The summed E-state index contributed by atoms with van der Waals surface area (Å²) in [5.41, 5.74) is 0. The van der Waals surface area contributed by atoms with E-state index in [1.807, 2.05) is 0 Å². The highest BCUT2D eigenvalue weighted by atomic mass is 16.5. The van der Waals surface area contributed by atoms with E-state index in [4.69, 9.17) is 4.74 Å². The van der Waals surface area contributed by atoms with Crippen LogP contribution in [0.5, 0.6) is 0 Å². The Morgan fingerprint density at radius 3 is 2.33 bits per heavy atom. The first-order valence-corrected chi connectivity index (χ1v) is 3.90. The molecule has 0 N–H and O–H groups in total. The number of carbonyl (C=O) groups excluding carboxylic acids is 2. The molecule has 0 saturated heterocycles. The molecule has 0 aromatic heterocycles. The molecule has 1 amide bonds. The maximum absolute atomic E-state index is 11.1. The molecule has 0 aliphatic rings. The molecular weight excluding hydrogens is 158 g/mol. The fourth-order valence-corrected chi connectivity index (χ4v) is 0.694. The molecule has 0 rings (SSSR count). The van der Waals surface area contributed by atoms with Crippen molar-refractivity contribution < 1.29 is 14.3 Å². The number of hydrogen-bond acceptors (Lipinski definition) is 3. The molecule has 0 aliphatic heterocycles. The summed E-state index contributed by atoms with van der Waals surface area (Å²) in [6.45, 7) is 5.13. The smallest absolute Gasteiger partial charge is 0.328 e. The molecule has 0 radical (unpaired) electrons. The van der Waals surface area contributed by atoms with Crippen LogP contribution in [0.3, 0.4) is 0 Å². The van der Waals surface area contributed by atoms with Gasteiger partial charge in [-0.05, 0) is 13.8 Å². The molecule has 0 aliphatic carbocycles. The Hall–Kier alpha value is -1.06. The topological polar surface area (TPSA) is 46.6 Å². The lowest BCUT2D eigenvalue weighted by Crippen LogP contribution is -2.40. The number of amides is 1. The van der Waals surface area contributed by atoms with E-state index in [9.17, 15) is 9.59 Å². The van der Waals surface area contributed by atoms with Crippen LogP contribution >= 0.6 is 0 Å². The maximum Gasteiger partial charge on any atom is 0.328 e. The molecule has 0 fully saturated rings. The molecule has 0 aromatic carbocycles. The Bertz CT molecular complexity index is 179. The molecule has 4 heteroatoms. The zero-order chi connectivity index (χ0) is 9.72. The lowest BCUT2D eigenvalue weighted by Gasteiger charge is -2.21. The Labute approximate surface area is 72.5 Å². The van der Waals surface area contributed by atoms with Gasteiger partial charge >= 0.3 is 5.97 Å². The predicted octanol–water partition coefficient (Wildman–Crippen LogP) is 0.416. The lowest BCUT2D eigenvalue weighted by atomic mass is 10.3. The minimum atomic E-state index is -0.498. The Morgan fingerprint density at radius 1 is 1.50 bits per heavy atom. The number of esters is 1. The number of ether oxygens (including phenoxy) is 1. The van der Waals surface area contributed by atoms with Crippen LogP contribution in [0.15, 0.2) is 0 Å². The summed E-state index contributed by atoms with van der Waals surface area (Å²) in [7, 11) is 1.57. The van der Waals surface area contributed by atoms with Gasteiger partial charge in [0, 0.05) is 14.0 Å². The van der Waals surface area contributed by atoms with E-state index in [2.05, 4.69) is 0 Å². The number of nitrogens with zero attached hydrogens (tertiary/aromatic N) is 1.